The standard InChI is InChI=1S/C13H19N5O/c1-9(8-19-3)7-18-13(15-16-17-18)12-6-11(14)5-4-10(12)2/h4-6,9H,7-8,14H2,1-3H3. The molecule has 0 aliphatic rings. The number of aryl methyl sites for hydroxylation is 1. The van der Waals surface area contributed by atoms with E-state index in [1.54, 1.807) is 11.8 Å². The van der Waals surface area contributed by atoms with Gasteiger partial charge in [0.05, 0.1) is 6.61 Å². The maximum absolute atomic E-state index is 5.83. The summed E-state index contributed by atoms with van der Waals surface area (Å²) in [4.78, 5) is 0. The number of rotatable bonds is 5. The Morgan fingerprint density at radius 2 is 2.21 bits per heavy atom. The maximum atomic E-state index is 5.83. The van der Waals surface area contributed by atoms with Gasteiger partial charge in [-0.2, -0.15) is 0 Å². The van der Waals surface area contributed by atoms with Crippen LogP contribution in [0, 0.1) is 12.8 Å². The van der Waals surface area contributed by atoms with Gasteiger partial charge in [-0.3, -0.25) is 0 Å². The fourth-order valence-electron chi connectivity index (χ4n) is 2.03. The number of anilines is 1. The maximum Gasteiger partial charge on any atom is 0.182 e. The fraction of sp³-hybridized carbons (Fsp3) is 0.462. The van der Waals surface area contributed by atoms with Crippen LogP contribution in [0.4, 0.5) is 5.69 Å². The summed E-state index contributed by atoms with van der Waals surface area (Å²) in [6.07, 6.45) is 0. The molecule has 102 valence electrons. The molecular weight excluding hydrogens is 242 g/mol. The Balaban J connectivity index is 2.31. The van der Waals surface area contributed by atoms with E-state index in [9.17, 15) is 0 Å². The minimum Gasteiger partial charge on any atom is -0.399 e. The van der Waals surface area contributed by atoms with Crippen molar-refractivity contribution in [3.8, 4) is 11.4 Å². The van der Waals surface area contributed by atoms with Gasteiger partial charge < -0.3 is 10.5 Å². The van der Waals surface area contributed by atoms with Crippen LogP contribution in [0.2, 0.25) is 0 Å². The topological polar surface area (TPSA) is 78.8 Å². The summed E-state index contributed by atoms with van der Waals surface area (Å²) < 4.78 is 6.94. The molecule has 1 unspecified atom stereocenters. The van der Waals surface area contributed by atoms with Gasteiger partial charge in [0.15, 0.2) is 5.82 Å². The lowest BCUT2D eigenvalue weighted by atomic mass is 10.1. The van der Waals surface area contributed by atoms with Crippen molar-refractivity contribution in [2.45, 2.75) is 20.4 Å². The van der Waals surface area contributed by atoms with Crippen LogP contribution < -0.4 is 5.73 Å². The molecule has 2 rings (SSSR count). The molecule has 1 atom stereocenters. The molecule has 0 aliphatic heterocycles. The molecule has 0 saturated heterocycles. The number of nitrogens with zero attached hydrogens (tertiary/aromatic N) is 4. The molecule has 0 fully saturated rings. The number of hydrogen-bond acceptors (Lipinski definition) is 5. The average molecular weight is 261 g/mol. The smallest absolute Gasteiger partial charge is 0.182 e. The van der Waals surface area contributed by atoms with Crippen LogP contribution in [0.5, 0.6) is 0 Å². The van der Waals surface area contributed by atoms with Crippen LogP contribution in [0.1, 0.15) is 12.5 Å². The number of nitrogens with two attached hydrogens (primary N) is 1. The summed E-state index contributed by atoms with van der Waals surface area (Å²) in [7, 11) is 1.69. The summed E-state index contributed by atoms with van der Waals surface area (Å²) in [5.41, 5.74) is 8.61. The Morgan fingerprint density at radius 3 is 2.95 bits per heavy atom. The Kier molecular flexibility index (Phi) is 4.11. The number of ether oxygens (including phenoxy) is 1. The Morgan fingerprint density at radius 1 is 1.42 bits per heavy atom. The van der Waals surface area contributed by atoms with E-state index in [4.69, 9.17) is 10.5 Å². The van der Waals surface area contributed by atoms with Gasteiger partial charge in [0.1, 0.15) is 0 Å². The highest BCUT2D eigenvalue weighted by atomic mass is 16.5. The van der Waals surface area contributed by atoms with Crippen LogP contribution in [0.15, 0.2) is 18.2 Å². The van der Waals surface area contributed by atoms with Gasteiger partial charge in [0.25, 0.3) is 0 Å². The number of tetrazole rings is 1. The van der Waals surface area contributed by atoms with Crippen LogP contribution >= 0.6 is 0 Å². The molecule has 2 aromatic rings. The summed E-state index contributed by atoms with van der Waals surface area (Å²) >= 11 is 0. The molecule has 6 heteroatoms. The third-order valence-electron chi connectivity index (χ3n) is 2.97. The fourth-order valence-corrected chi connectivity index (χ4v) is 2.03. The molecule has 0 radical (unpaired) electrons. The molecular formula is C13H19N5O. The highest BCUT2D eigenvalue weighted by molar-refractivity contribution is 5.65. The Labute approximate surface area is 112 Å². The monoisotopic (exact) mass is 261 g/mol. The zero-order valence-electron chi connectivity index (χ0n) is 11.5. The van der Waals surface area contributed by atoms with Gasteiger partial charge in [-0.25, -0.2) is 4.68 Å². The third-order valence-corrected chi connectivity index (χ3v) is 2.97. The zero-order valence-corrected chi connectivity index (χ0v) is 11.5. The molecule has 0 amide bonds. The predicted molar refractivity (Wildman–Crippen MR) is 73.4 cm³/mol. The van der Waals surface area contributed by atoms with Gasteiger partial charge in [-0.1, -0.05) is 13.0 Å². The van der Waals surface area contributed by atoms with E-state index in [0.717, 1.165) is 17.0 Å². The second-order valence-corrected chi connectivity index (χ2v) is 4.82. The van der Waals surface area contributed by atoms with Crippen molar-refractivity contribution >= 4 is 5.69 Å². The summed E-state index contributed by atoms with van der Waals surface area (Å²) in [5, 5.41) is 11.9. The zero-order chi connectivity index (χ0) is 13.8. The van der Waals surface area contributed by atoms with Gasteiger partial charge >= 0.3 is 0 Å². The number of aromatic nitrogens is 4. The lowest BCUT2D eigenvalue weighted by Gasteiger charge is -2.12. The minimum absolute atomic E-state index is 0.341. The van der Waals surface area contributed by atoms with E-state index in [0.29, 0.717) is 24.8 Å². The van der Waals surface area contributed by atoms with Crippen molar-refractivity contribution in [1.82, 2.24) is 20.2 Å². The molecule has 0 bridgehead atoms. The highest BCUT2D eigenvalue weighted by Crippen LogP contribution is 2.23. The summed E-state index contributed by atoms with van der Waals surface area (Å²) in [5.74, 6) is 1.08. The van der Waals surface area contributed by atoms with Crippen LogP contribution in [-0.4, -0.2) is 33.9 Å². The predicted octanol–water partition coefficient (Wildman–Crippen LogP) is 1.51. The third kappa shape index (κ3) is 3.08. The molecule has 0 saturated carbocycles. The second kappa shape index (κ2) is 5.79. The van der Waals surface area contributed by atoms with E-state index < -0.39 is 0 Å². The second-order valence-electron chi connectivity index (χ2n) is 4.82. The van der Waals surface area contributed by atoms with Crippen LogP contribution in [0.3, 0.4) is 0 Å². The SMILES string of the molecule is COCC(C)Cn1nnnc1-c1cc(N)ccc1C. The van der Waals surface area contributed by atoms with Gasteiger partial charge in [-0.15, -0.1) is 5.10 Å². The molecule has 1 aromatic carbocycles. The Hall–Kier alpha value is -1.95. The largest absolute Gasteiger partial charge is 0.399 e. The van der Waals surface area contributed by atoms with Crippen LogP contribution in [0.25, 0.3) is 11.4 Å². The first-order valence-corrected chi connectivity index (χ1v) is 6.23. The van der Waals surface area contributed by atoms with E-state index in [1.807, 2.05) is 25.1 Å². The minimum atomic E-state index is 0.341. The lowest BCUT2D eigenvalue weighted by molar-refractivity contribution is 0.149. The summed E-state index contributed by atoms with van der Waals surface area (Å²) in [6, 6.07) is 5.75. The molecule has 1 aromatic heterocycles. The number of hydrogen-bond donors (Lipinski definition) is 1. The molecule has 1 heterocycles. The Bertz CT molecular complexity index is 552. The van der Waals surface area contributed by atoms with Crippen molar-refractivity contribution in [2.75, 3.05) is 19.5 Å². The molecule has 0 aliphatic carbocycles. The molecule has 19 heavy (non-hydrogen) atoms. The van der Waals surface area contributed by atoms with E-state index in [2.05, 4.69) is 22.4 Å². The first kappa shape index (κ1) is 13.5. The normalized spacial score (nSPS) is 12.6. The van der Waals surface area contributed by atoms with Gasteiger partial charge in [0.2, 0.25) is 0 Å². The van der Waals surface area contributed by atoms with Crippen molar-refractivity contribution in [3.05, 3.63) is 23.8 Å². The van der Waals surface area contributed by atoms with Crippen molar-refractivity contribution in [3.63, 3.8) is 0 Å². The summed E-state index contributed by atoms with van der Waals surface area (Å²) in [6.45, 7) is 5.51. The molecule has 6 nitrogen and oxygen atoms in total. The van der Waals surface area contributed by atoms with Crippen molar-refractivity contribution in [2.24, 2.45) is 5.92 Å². The lowest BCUT2D eigenvalue weighted by Crippen LogP contribution is -2.15. The van der Waals surface area contributed by atoms with E-state index >= 15 is 0 Å². The number of benzene rings is 1. The van der Waals surface area contributed by atoms with E-state index in [-0.39, 0.29) is 0 Å². The number of methoxy groups -OCH3 is 1. The quantitative estimate of drug-likeness (QED) is 0.825. The van der Waals surface area contributed by atoms with Gasteiger partial charge in [-0.05, 0) is 41.0 Å². The van der Waals surface area contributed by atoms with Gasteiger partial charge in [0, 0.05) is 24.9 Å². The molecule has 0 spiro atoms. The van der Waals surface area contributed by atoms with Crippen molar-refractivity contribution in [1.29, 1.82) is 0 Å². The van der Waals surface area contributed by atoms with E-state index in [1.165, 1.54) is 0 Å². The first-order valence-electron chi connectivity index (χ1n) is 6.23. The number of nitrogen functional groups attached to an aromatic ring is 1. The first-order chi connectivity index (χ1) is 9.11. The highest BCUT2D eigenvalue weighted by Gasteiger charge is 2.14. The van der Waals surface area contributed by atoms with Crippen LogP contribution in [-0.2, 0) is 11.3 Å². The average Bonchev–Trinajstić information content (AvgIpc) is 2.80. The van der Waals surface area contributed by atoms with Crippen molar-refractivity contribution < 1.29 is 4.74 Å². The molecule has 2 N–H and O–H groups in total.